The number of amides is 1. The van der Waals surface area contributed by atoms with Gasteiger partial charge in [-0.15, -0.1) is 0 Å². The molecule has 154 valence electrons. The Labute approximate surface area is 171 Å². The maximum absolute atomic E-state index is 12.6. The molecule has 1 amide bonds. The maximum Gasteiger partial charge on any atom is 0.241 e. The summed E-state index contributed by atoms with van der Waals surface area (Å²) >= 11 is 0. The summed E-state index contributed by atoms with van der Waals surface area (Å²) in [4.78, 5) is 15.6. The van der Waals surface area contributed by atoms with E-state index in [1.165, 1.54) is 0 Å². The number of aryl methyl sites for hydroxylation is 3. The van der Waals surface area contributed by atoms with Gasteiger partial charge in [-0.1, -0.05) is 35.9 Å². The van der Waals surface area contributed by atoms with Crippen LogP contribution < -0.4 is 10.0 Å². The second-order valence-electron chi connectivity index (χ2n) is 7.34. The van der Waals surface area contributed by atoms with Crippen molar-refractivity contribution in [2.45, 2.75) is 38.5 Å². The lowest BCUT2D eigenvalue weighted by Gasteiger charge is -2.13. The molecule has 0 radical (unpaired) electrons. The predicted octanol–water partition coefficient (Wildman–Crippen LogP) is 3.12. The molecule has 3 rings (SSSR count). The van der Waals surface area contributed by atoms with Crippen molar-refractivity contribution < 1.29 is 13.2 Å². The fraction of sp³-hybridized carbons (Fsp3) is 0.318. The summed E-state index contributed by atoms with van der Waals surface area (Å²) in [6.07, 6.45) is 2.76. The van der Waals surface area contributed by atoms with Crippen LogP contribution in [0.3, 0.4) is 0 Å². The highest BCUT2D eigenvalue weighted by Gasteiger charge is 2.19. The Hall–Kier alpha value is -2.64. The van der Waals surface area contributed by atoms with Crippen molar-refractivity contribution >= 4 is 26.8 Å². The normalized spacial score (nSPS) is 11.7. The largest absolute Gasteiger partial charge is 0.361 e. The van der Waals surface area contributed by atoms with Gasteiger partial charge in [-0.05, 0) is 49.9 Å². The fourth-order valence-electron chi connectivity index (χ4n) is 3.73. The van der Waals surface area contributed by atoms with Crippen LogP contribution in [-0.2, 0) is 21.2 Å². The number of sulfonamides is 1. The third kappa shape index (κ3) is 5.05. The SMILES string of the molecule is Cc1cc(C)c(S(=O)(=O)NCCC(=O)NCCc2c[nH]c3ccccc23)c(C)c1. The highest BCUT2D eigenvalue weighted by Crippen LogP contribution is 2.21. The van der Waals surface area contributed by atoms with E-state index < -0.39 is 10.0 Å². The first-order valence-electron chi connectivity index (χ1n) is 9.67. The van der Waals surface area contributed by atoms with Crippen molar-refractivity contribution in [3.8, 4) is 0 Å². The number of hydrogen-bond acceptors (Lipinski definition) is 3. The third-order valence-corrected chi connectivity index (χ3v) is 6.67. The van der Waals surface area contributed by atoms with Gasteiger partial charge in [-0.25, -0.2) is 13.1 Å². The van der Waals surface area contributed by atoms with Crippen LogP contribution in [0, 0.1) is 20.8 Å². The monoisotopic (exact) mass is 413 g/mol. The first-order chi connectivity index (χ1) is 13.8. The lowest BCUT2D eigenvalue weighted by atomic mass is 10.1. The minimum absolute atomic E-state index is 0.0635. The van der Waals surface area contributed by atoms with Crippen LogP contribution in [0.25, 0.3) is 10.9 Å². The van der Waals surface area contributed by atoms with Gasteiger partial charge in [0.25, 0.3) is 0 Å². The van der Waals surface area contributed by atoms with Gasteiger partial charge in [0.15, 0.2) is 0 Å². The Balaban J connectivity index is 1.48. The third-order valence-electron chi connectivity index (χ3n) is 4.91. The zero-order valence-corrected chi connectivity index (χ0v) is 17.8. The van der Waals surface area contributed by atoms with E-state index >= 15 is 0 Å². The number of para-hydroxylation sites is 1. The second-order valence-corrected chi connectivity index (χ2v) is 9.04. The number of hydrogen-bond donors (Lipinski definition) is 3. The van der Waals surface area contributed by atoms with Gasteiger partial charge in [0.2, 0.25) is 15.9 Å². The molecular formula is C22H27N3O3S. The lowest BCUT2D eigenvalue weighted by molar-refractivity contribution is -0.120. The van der Waals surface area contributed by atoms with Crippen LogP contribution in [-0.4, -0.2) is 32.4 Å². The number of fused-ring (bicyclic) bond motifs is 1. The van der Waals surface area contributed by atoms with Gasteiger partial charge < -0.3 is 10.3 Å². The first kappa shape index (κ1) is 21.1. The average molecular weight is 414 g/mol. The zero-order chi connectivity index (χ0) is 21.0. The van der Waals surface area contributed by atoms with E-state index in [4.69, 9.17) is 0 Å². The molecule has 0 aliphatic carbocycles. The Kier molecular flexibility index (Phi) is 6.39. The van der Waals surface area contributed by atoms with Crippen molar-refractivity contribution in [2.75, 3.05) is 13.1 Å². The number of carbonyl (C=O) groups is 1. The molecule has 1 aromatic heterocycles. The maximum atomic E-state index is 12.6. The Morgan fingerprint density at radius 3 is 2.45 bits per heavy atom. The number of aromatic amines is 1. The standard InChI is InChI=1S/C22H27N3O3S/c1-15-12-16(2)22(17(3)13-15)29(27,28)25-11-9-21(26)23-10-8-18-14-24-20-7-5-4-6-19(18)20/h4-7,12-14,24-25H,8-11H2,1-3H3,(H,23,26). The summed E-state index contributed by atoms with van der Waals surface area (Å²) in [6, 6.07) is 11.7. The number of carbonyl (C=O) groups excluding carboxylic acids is 1. The van der Waals surface area contributed by atoms with E-state index in [1.807, 2.05) is 49.5 Å². The highest BCUT2D eigenvalue weighted by atomic mass is 32.2. The molecule has 0 aliphatic heterocycles. The molecule has 0 unspecified atom stereocenters. The minimum Gasteiger partial charge on any atom is -0.361 e. The van der Waals surface area contributed by atoms with Gasteiger partial charge in [0.05, 0.1) is 4.90 Å². The Morgan fingerprint density at radius 1 is 1.03 bits per heavy atom. The van der Waals surface area contributed by atoms with Crippen molar-refractivity contribution in [2.24, 2.45) is 0 Å². The second kappa shape index (κ2) is 8.80. The van der Waals surface area contributed by atoms with Gasteiger partial charge in [-0.2, -0.15) is 0 Å². The fourth-order valence-corrected chi connectivity index (χ4v) is 5.21. The van der Waals surface area contributed by atoms with Gasteiger partial charge in [-0.3, -0.25) is 4.79 Å². The van der Waals surface area contributed by atoms with Gasteiger partial charge in [0.1, 0.15) is 0 Å². The number of benzene rings is 2. The minimum atomic E-state index is -3.65. The highest BCUT2D eigenvalue weighted by molar-refractivity contribution is 7.89. The zero-order valence-electron chi connectivity index (χ0n) is 17.0. The number of aromatic nitrogens is 1. The van der Waals surface area contributed by atoms with Crippen molar-refractivity contribution in [3.05, 3.63) is 64.8 Å². The van der Waals surface area contributed by atoms with Gasteiger partial charge in [0, 0.05) is 36.6 Å². The Morgan fingerprint density at radius 2 is 1.72 bits per heavy atom. The van der Waals surface area contributed by atoms with E-state index in [0.29, 0.717) is 29.0 Å². The molecule has 0 saturated heterocycles. The summed E-state index contributed by atoms with van der Waals surface area (Å²) in [5.74, 6) is -0.176. The van der Waals surface area contributed by atoms with Crippen molar-refractivity contribution in [3.63, 3.8) is 0 Å². The summed E-state index contributed by atoms with van der Waals surface area (Å²) in [5, 5.41) is 4.01. The molecule has 0 atom stereocenters. The topological polar surface area (TPSA) is 91.1 Å². The molecule has 0 fully saturated rings. The van der Waals surface area contributed by atoms with Crippen LogP contribution >= 0.6 is 0 Å². The predicted molar refractivity (Wildman–Crippen MR) is 115 cm³/mol. The average Bonchev–Trinajstić information content (AvgIpc) is 3.03. The molecular weight excluding hydrogens is 386 g/mol. The van der Waals surface area contributed by atoms with Crippen LogP contribution in [0.4, 0.5) is 0 Å². The molecule has 29 heavy (non-hydrogen) atoms. The molecule has 0 bridgehead atoms. The molecule has 0 aliphatic rings. The molecule has 3 N–H and O–H groups in total. The molecule has 0 saturated carbocycles. The summed E-state index contributed by atoms with van der Waals surface area (Å²) in [5.41, 5.74) is 4.65. The van der Waals surface area contributed by atoms with E-state index in [0.717, 1.165) is 22.0 Å². The smallest absolute Gasteiger partial charge is 0.241 e. The van der Waals surface area contributed by atoms with Crippen LogP contribution in [0.5, 0.6) is 0 Å². The van der Waals surface area contributed by atoms with Crippen molar-refractivity contribution in [1.82, 2.24) is 15.0 Å². The molecule has 0 spiro atoms. The molecule has 1 heterocycles. The first-order valence-corrected chi connectivity index (χ1v) is 11.2. The molecule has 6 nitrogen and oxygen atoms in total. The molecule has 7 heteroatoms. The van der Waals surface area contributed by atoms with Crippen molar-refractivity contribution in [1.29, 1.82) is 0 Å². The summed E-state index contributed by atoms with van der Waals surface area (Å²) in [6.45, 7) is 6.07. The van der Waals surface area contributed by atoms with E-state index in [1.54, 1.807) is 13.8 Å². The summed E-state index contributed by atoms with van der Waals surface area (Å²) in [7, 11) is -3.65. The number of nitrogens with one attached hydrogen (secondary N) is 3. The van der Waals surface area contributed by atoms with Gasteiger partial charge >= 0.3 is 0 Å². The number of rotatable bonds is 8. The molecule has 3 aromatic rings. The van der Waals surface area contributed by atoms with Crippen LogP contribution in [0.2, 0.25) is 0 Å². The van der Waals surface area contributed by atoms with Crippen LogP contribution in [0.1, 0.15) is 28.7 Å². The van der Waals surface area contributed by atoms with Crippen LogP contribution in [0.15, 0.2) is 47.5 Å². The number of H-pyrrole nitrogens is 1. The van der Waals surface area contributed by atoms with E-state index in [9.17, 15) is 13.2 Å². The van der Waals surface area contributed by atoms with E-state index in [-0.39, 0.29) is 18.9 Å². The molecule has 2 aromatic carbocycles. The van der Waals surface area contributed by atoms with E-state index in [2.05, 4.69) is 15.0 Å². The quantitative estimate of drug-likeness (QED) is 0.530. The lowest BCUT2D eigenvalue weighted by Crippen LogP contribution is -2.32. The Bertz CT molecular complexity index is 1110. The summed E-state index contributed by atoms with van der Waals surface area (Å²) < 4.78 is 27.8.